The fourth-order valence-corrected chi connectivity index (χ4v) is 4.74. The summed E-state index contributed by atoms with van der Waals surface area (Å²) in [6.07, 6.45) is 2.77. The van der Waals surface area contributed by atoms with Gasteiger partial charge >= 0.3 is 11.4 Å². The molecule has 1 aliphatic heterocycles. The fourth-order valence-electron chi connectivity index (χ4n) is 4.39. The van der Waals surface area contributed by atoms with E-state index in [1.165, 1.54) is 4.57 Å². The van der Waals surface area contributed by atoms with E-state index in [2.05, 4.69) is 10.3 Å². The second-order valence-corrected chi connectivity index (χ2v) is 10.7. The average molecular weight is 575 g/mol. The van der Waals surface area contributed by atoms with Crippen LogP contribution < -0.4 is 21.4 Å². The number of hydrogen-bond acceptors (Lipinski definition) is 7. The molecule has 39 heavy (non-hydrogen) atoms. The topological polar surface area (TPSA) is 104 Å². The molecular formula is C28H32Cl2N4O5. The lowest BCUT2D eigenvalue weighted by Crippen LogP contribution is -2.44. The molecule has 9 nitrogen and oxygen atoms in total. The van der Waals surface area contributed by atoms with Crippen molar-refractivity contribution in [1.82, 2.24) is 14.1 Å². The number of rotatable bonds is 11. The van der Waals surface area contributed by atoms with Crippen LogP contribution in [0.5, 0.6) is 5.75 Å². The van der Waals surface area contributed by atoms with Crippen LogP contribution in [0.1, 0.15) is 45.1 Å². The van der Waals surface area contributed by atoms with Crippen LogP contribution in [-0.4, -0.2) is 39.2 Å². The van der Waals surface area contributed by atoms with Gasteiger partial charge in [0, 0.05) is 30.3 Å². The largest absolute Gasteiger partial charge is 0.489 e. The smallest absolute Gasteiger partial charge is 0.355 e. The van der Waals surface area contributed by atoms with Gasteiger partial charge < -0.3 is 14.8 Å². The molecule has 1 aromatic heterocycles. The number of anilines is 2. The molecule has 1 saturated heterocycles. The standard InChI is InChI=1S/C28H32Cl2N4O5/c1-18(2)39-25-10-8-22(15-24(25)30)31-26-32-27(36)34(17-23(35)9-5-19-11-13-38-14-12-19)28(37)33(26)16-20-3-6-21(29)7-4-20/h3-4,6-8,10,15,18-19H,5,9,11-14,16-17H2,1-2H3,(H,31,32,36). The van der Waals surface area contributed by atoms with Gasteiger partial charge in [-0.1, -0.05) is 35.3 Å². The lowest BCUT2D eigenvalue weighted by molar-refractivity contribution is -0.120. The van der Waals surface area contributed by atoms with Crippen LogP contribution in [-0.2, 0) is 22.6 Å². The number of nitrogens with one attached hydrogen (secondary N) is 1. The van der Waals surface area contributed by atoms with Gasteiger partial charge in [-0.05, 0) is 74.9 Å². The summed E-state index contributed by atoms with van der Waals surface area (Å²) in [6.45, 7) is 4.96. The monoisotopic (exact) mass is 574 g/mol. The third-order valence-corrected chi connectivity index (χ3v) is 7.01. The highest BCUT2D eigenvalue weighted by atomic mass is 35.5. The molecule has 208 valence electrons. The van der Waals surface area contributed by atoms with Crippen molar-refractivity contribution in [2.75, 3.05) is 18.5 Å². The quantitative estimate of drug-likeness (QED) is 0.341. The molecule has 1 N–H and O–H groups in total. The van der Waals surface area contributed by atoms with Crippen LogP contribution >= 0.6 is 23.2 Å². The Labute approximate surface area is 236 Å². The molecule has 0 radical (unpaired) electrons. The maximum Gasteiger partial charge on any atom is 0.355 e. The summed E-state index contributed by atoms with van der Waals surface area (Å²) in [5, 5.41) is 3.95. The maximum absolute atomic E-state index is 13.6. The lowest BCUT2D eigenvalue weighted by Gasteiger charge is -2.21. The number of ketones is 1. The van der Waals surface area contributed by atoms with Crippen molar-refractivity contribution >= 4 is 40.6 Å². The third-order valence-electron chi connectivity index (χ3n) is 6.46. The molecule has 0 bridgehead atoms. The zero-order chi connectivity index (χ0) is 27.9. The normalized spacial score (nSPS) is 14.0. The van der Waals surface area contributed by atoms with E-state index < -0.39 is 11.4 Å². The zero-order valence-electron chi connectivity index (χ0n) is 22.0. The van der Waals surface area contributed by atoms with Gasteiger partial charge in [0.1, 0.15) is 5.75 Å². The van der Waals surface area contributed by atoms with Gasteiger partial charge in [0.15, 0.2) is 5.78 Å². The number of aromatic nitrogens is 3. The van der Waals surface area contributed by atoms with E-state index in [4.69, 9.17) is 32.7 Å². The number of hydrogen-bond donors (Lipinski definition) is 1. The first-order valence-electron chi connectivity index (χ1n) is 13.0. The molecule has 0 spiro atoms. The zero-order valence-corrected chi connectivity index (χ0v) is 23.5. The van der Waals surface area contributed by atoms with Crippen LogP contribution in [0.15, 0.2) is 52.1 Å². The summed E-state index contributed by atoms with van der Waals surface area (Å²) in [5.41, 5.74) is -0.170. The lowest BCUT2D eigenvalue weighted by atomic mass is 9.94. The van der Waals surface area contributed by atoms with E-state index >= 15 is 0 Å². The Morgan fingerprint density at radius 1 is 1.10 bits per heavy atom. The number of nitrogens with zero attached hydrogens (tertiary/aromatic N) is 3. The molecule has 0 aliphatic carbocycles. The second kappa shape index (κ2) is 13.3. The molecule has 0 amide bonds. The molecule has 2 heterocycles. The SMILES string of the molecule is CC(C)Oc1ccc(Nc2nc(=O)n(CC(=O)CCC3CCOCC3)c(=O)n2Cc2ccc(Cl)cc2)cc1Cl. The van der Waals surface area contributed by atoms with Gasteiger partial charge in [-0.25, -0.2) is 14.2 Å². The average Bonchev–Trinajstić information content (AvgIpc) is 2.90. The fraction of sp³-hybridized carbons (Fsp3) is 0.429. The summed E-state index contributed by atoms with van der Waals surface area (Å²) in [5.74, 6) is 0.765. The van der Waals surface area contributed by atoms with Crippen molar-refractivity contribution in [1.29, 1.82) is 0 Å². The second-order valence-electron chi connectivity index (χ2n) is 9.87. The van der Waals surface area contributed by atoms with Gasteiger partial charge in [0.25, 0.3) is 0 Å². The van der Waals surface area contributed by atoms with Gasteiger partial charge in [-0.2, -0.15) is 4.98 Å². The predicted octanol–water partition coefficient (Wildman–Crippen LogP) is 5.07. The molecule has 11 heteroatoms. The van der Waals surface area contributed by atoms with E-state index in [0.29, 0.717) is 47.0 Å². The number of halogens is 2. The van der Waals surface area contributed by atoms with Crippen LogP contribution in [0, 0.1) is 5.92 Å². The van der Waals surface area contributed by atoms with E-state index in [-0.39, 0.29) is 37.3 Å². The molecule has 1 fully saturated rings. The minimum Gasteiger partial charge on any atom is -0.489 e. The van der Waals surface area contributed by atoms with Crippen LogP contribution in [0.25, 0.3) is 0 Å². The summed E-state index contributed by atoms with van der Waals surface area (Å²) in [7, 11) is 0. The van der Waals surface area contributed by atoms with Crippen molar-refractivity contribution in [3.8, 4) is 5.75 Å². The summed E-state index contributed by atoms with van der Waals surface area (Å²) < 4.78 is 13.3. The Hall–Kier alpha value is -3.14. The Balaban J connectivity index is 1.61. The number of Topliss-reactive ketones (excluding diaryl/α,β-unsaturated/α-hetero) is 1. The molecule has 4 rings (SSSR count). The molecule has 0 unspecified atom stereocenters. The highest BCUT2D eigenvalue weighted by Gasteiger charge is 2.19. The molecule has 0 atom stereocenters. The minimum absolute atomic E-state index is 0.0273. The Bertz CT molecular complexity index is 1410. The molecule has 3 aromatic rings. The van der Waals surface area contributed by atoms with Crippen LogP contribution in [0.2, 0.25) is 10.0 Å². The number of carbonyl (C=O) groups excluding carboxylic acids is 1. The van der Waals surface area contributed by atoms with Gasteiger partial charge in [-0.3, -0.25) is 9.36 Å². The van der Waals surface area contributed by atoms with Crippen molar-refractivity contribution in [2.45, 2.75) is 58.7 Å². The van der Waals surface area contributed by atoms with Gasteiger partial charge in [0.2, 0.25) is 5.95 Å². The van der Waals surface area contributed by atoms with Crippen molar-refractivity contribution in [3.05, 3.63) is 79.0 Å². The van der Waals surface area contributed by atoms with E-state index in [9.17, 15) is 14.4 Å². The summed E-state index contributed by atoms with van der Waals surface area (Å²) in [6, 6.07) is 12.0. The van der Waals surface area contributed by atoms with Crippen molar-refractivity contribution < 1.29 is 14.3 Å². The van der Waals surface area contributed by atoms with Gasteiger partial charge in [-0.15, -0.1) is 0 Å². The first-order chi connectivity index (χ1) is 18.7. The molecule has 2 aromatic carbocycles. The summed E-state index contributed by atoms with van der Waals surface area (Å²) >= 11 is 12.4. The third kappa shape index (κ3) is 7.94. The van der Waals surface area contributed by atoms with E-state index in [0.717, 1.165) is 23.0 Å². The van der Waals surface area contributed by atoms with Crippen molar-refractivity contribution in [3.63, 3.8) is 0 Å². The molecule has 0 saturated carbocycles. The molecule has 1 aliphatic rings. The number of carbonyl (C=O) groups is 1. The highest BCUT2D eigenvalue weighted by molar-refractivity contribution is 6.32. The Morgan fingerprint density at radius 3 is 2.49 bits per heavy atom. The summed E-state index contributed by atoms with van der Waals surface area (Å²) in [4.78, 5) is 43.4. The van der Waals surface area contributed by atoms with E-state index in [1.54, 1.807) is 42.5 Å². The van der Waals surface area contributed by atoms with Crippen molar-refractivity contribution in [2.24, 2.45) is 5.92 Å². The first-order valence-corrected chi connectivity index (χ1v) is 13.7. The predicted molar refractivity (Wildman–Crippen MR) is 152 cm³/mol. The first kappa shape index (κ1) is 28.9. The highest BCUT2D eigenvalue weighted by Crippen LogP contribution is 2.29. The van der Waals surface area contributed by atoms with Crippen LogP contribution in [0.4, 0.5) is 11.6 Å². The van der Waals surface area contributed by atoms with Gasteiger partial charge in [0.05, 0.1) is 24.2 Å². The minimum atomic E-state index is -0.805. The van der Waals surface area contributed by atoms with E-state index in [1.807, 2.05) is 13.8 Å². The van der Waals surface area contributed by atoms with Crippen LogP contribution in [0.3, 0.4) is 0 Å². The number of ether oxygens (including phenoxy) is 2. The Kier molecular flexibility index (Phi) is 9.83. The molecular weight excluding hydrogens is 543 g/mol. The number of benzene rings is 2. The Morgan fingerprint density at radius 2 is 1.82 bits per heavy atom. The maximum atomic E-state index is 13.6.